The van der Waals surface area contributed by atoms with Crippen LogP contribution in [0.5, 0.6) is 0 Å². The van der Waals surface area contributed by atoms with Crippen LogP contribution in [-0.2, 0) is 9.53 Å². The molecule has 0 amide bonds. The molecular formula is C19H27FN2O4. The third-order valence-electron chi connectivity index (χ3n) is 5.16. The summed E-state index contributed by atoms with van der Waals surface area (Å²) in [5.74, 6) is -0.496. The van der Waals surface area contributed by atoms with E-state index in [-0.39, 0.29) is 30.0 Å². The predicted octanol–water partition coefficient (Wildman–Crippen LogP) is 4.37. The summed E-state index contributed by atoms with van der Waals surface area (Å²) in [5, 5.41) is 11.7. The number of alkyl halides is 1. The van der Waals surface area contributed by atoms with Crippen LogP contribution in [0.3, 0.4) is 0 Å². The van der Waals surface area contributed by atoms with Crippen molar-refractivity contribution in [3.8, 4) is 0 Å². The summed E-state index contributed by atoms with van der Waals surface area (Å²) < 4.78 is 19.3. The molecule has 0 aromatic heterocycles. The topological polar surface area (TPSA) is 72.7 Å². The van der Waals surface area contributed by atoms with Gasteiger partial charge in [0.25, 0.3) is 5.69 Å². The molecule has 7 heteroatoms. The Morgan fingerprint density at radius 3 is 2.73 bits per heavy atom. The van der Waals surface area contributed by atoms with Gasteiger partial charge in [0.2, 0.25) is 0 Å². The van der Waals surface area contributed by atoms with Gasteiger partial charge in [-0.3, -0.25) is 14.9 Å². The number of esters is 1. The quantitative estimate of drug-likeness (QED) is 0.407. The minimum absolute atomic E-state index is 0.0398. The lowest BCUT2D eigenvalue weighted by Gasteiger charge is -2.33. The largest absolute Gasteiger partial charge is 0.469 e. The van der Waals surface area contributed by atoms with E-state index >= 15 is 0 Å². The molecule has 2 atom stereocenters. The molecule has 0 bridgehead atoms. The number of anilines is 1. The van der Waals surface area contributed by atoms with E-state index in [9.17, 15) is 19.3 Å². The lowest BCUT2D eigenvalue weighted by atomic mass is 9.92. The van der Waals surface area contributed by atoms with E-state index in [1.807, 2.05) is 11.8 Å². The van der Waals surface area contributed by atoms with E-state index in [4.69, 9.17) is 4.74 Å². The molecule has 0 aliphatic carbocycles. The number of nitro groups is 1. The van der Waals surface area contributed by atoms with E-state index in [2.05, 4.69) is 0 Å². The first-order chi connectivity index (χ1) is 12.2. The van der Waals surface area contributed by atoms with Crippen LogP contribution < -0.4 is 4.90 Å². The monoisotopic (exact) mass is 366 g/mol. The SMILES string of the molecule is CCC(CC(=O)OC)c1ccc(N2CCCC2C(C)(C)F)c([N+](=O)[O-])c1. The van der Waals surface area contributed by atoms with E-state index < -0.39 is 10.6 Å². The highest BCUT2D eigenvalue weighted by molar-refractivity contribution is 5.71. The molecule has 1 aromatic rings. The van der Waals surface area contributed by atoms with Gasteiger partial charge in [-0.1, -0.05) is 13.0 Å². The van der Waals surface area contributed by atoms with Crippen molar-refractivity contribution in [1.82, 2.24) is 0 Å². The molecule has 0 radical (unpaired) electrons. The molecule has 1 aliphatic heterocycles. The number of nitro benzene ring substituents is 1. The van der Waals surface area contributed by atoms with E-state index in [1.165, 1.54) is 27.0 Å². The van der Waals surface area contributed by atoms with Gasteiger partial charge in [-0.05, 0) is 50.7 Å². The molecule has 26 heavy (non-hydrogen) atoms. The number of methoxy groups -OCH3 is 1. The first-order valence-electron chi connectivity index (χ1n) is 8.99. The van der Waals surface area contributed by atoms with E-state index in [0.717, 1.165) is 12.0 Å². The number of hydrogen-bond acceptors (Lipinski definition) is 5. The lowest BCUT2D eigenvalue weighted by Crippen LogP contribution is -2.43. The van der Waals surface area contributed by atoms with Crippen molar-refractivity contribution < 1.29 is 18.8 Å². The Kier molecular flexibility index (Phi) is 6.21. The summed E-state index contributed by atoms with van der Waals surface area (Å²) in [6, 6.07) is 4.63. The van der Waals surface area contributed by atoms with Crippen LogP contribution in [0.2, 0.25) is 0 Å². The fourth-order valence-electron chi connectivity index (χ4n) is 3.73. The van der Waals surface area contributed by atoms with Crippen molar-refractivity contribution in [1.29, 1.82) is 0 Å². The van der Waals surface area contributed by atoms with Gasteiger partial charge in [0.15, 0.2) is 0 Å². The fourth-order valence-corrected chi connectivity index (χ4v) is 3.73. The number of halogens is 1. The van der Waals surface area contributed by atoms with Crippen molar-refractivity contribution >= 4 is 17.3 Å². The molecule has 1 aromatic carbocycles. The Morgan fingerprint density at radius 2 is 2.19 bits per heavy atom. The number of carbonyl (C=O) groups is 1. The van der Waals surface area contributed by atoms with Crippen LogP contribution >= 0.6 is 0 Å². The van der Waals surface area contributed by atoms with Gasteiger partial charge in [0.1, 0.15) is 11.4 Å². The number of hydrogen-bond donors (Lipinski definition) is 0. The minimum atomic E-state index is -1.44. The third-order valence-corrected chi connectivity index (χ3v) is 5.16. The zero-order valence-corrected chi connectivity index (χ0v) is 15.8. The average molecular weight is 366 g/mol. The van der Waals surface area contributed by atoms with E-state index in [0.29, 0.717) is 25.1 Å². The van der Waals surface area contributed by atoms with Gasteiger partial charge in [-0.2, -0.15) is 0 Å². The number of rotatable bonds is 7. The summed E-state index contributed by atoms with van der Waals surface area (Å²) in [6.07, 6.45) is 2.31. The summed E-state index contributed by atoms with van der Waals surface area (Å²) in [5.41, 5.74) is -0.315. The van der Waals surface area contributed by atoms with Crippen LogP contribution in [0.1, 0.15) is 57.9 Å². The van der Waals surface area contributed by atoms with Crippen LogP contribution in [0.25, 0.3) is 0 Å². The van der Waals surface area contributed by atoms with Crippen LogP contribution in [-0.4, -0.2) is 36.3 Å². The number of benzene rings is 1. The summed E-state index contributed by atoms with van der Waals surface area (Å²) in [7, 11) is 1.33. The Hall–Kier alpha value is -2.18. The van der Waals surface area contributed by atoms with Crippen molar-refractivity contribution in [2.24, 2.45) is 0 Å². The van der Waals surface area contributed by atoms with Gasteiger partial charge in [-0.15, -0.1) is 0 Å². The number of nitrogens with zero attached hydrogens (tertiary/aromatic N) is 2. The highest BCUT2D eigenvalue weighted by atomic mass is 19.1. The molecule has 0 spiro atoms. The maximum Gasteiger partial charge on any atom is 0.306 e. The molecule has 6 nitrogen and oxygen atoms in total. The third kappa shape index (κ3) is 4.31. The Morgan fingerprint density at radius 1 is 1.50 bits per heavy atom. The number of ether oxygens (including phenoxy) is 1. The smallest absolute Gasteiger partial charge is 0.306 e. The van der Waals surface area contributed by atoms with Crippen LogP contribution in [0.4, 0.5) is 15.8 Å². The molecule has 144 valence electrons. The molecule has 1 saturated heterocycles. The van der Waals surface area contributed by atoms with Gasteiger partial charge in [0.05, 0.1) is 24.5 Å². The second-order valence-electron chi connectivity index (χ2n) is 7.31. The summed E-state index contributed by atoms with van der Waals surface area (Å²) >= 11 is 0. The summed E-state index contributed by atoms with van der Waals surface area (Å²) in [4.78, 5) is 24.6. The molecule has 2 unspecified atom stereocenters. The second-order valence-corrected chi connectivity index (χ2v) is 7.31. The Balaban J connectivity index is 2.40. The summed E-state index contributed by atoms with van der Waals surface area (Å²) in [6.45, 7) is 5.55. The Labute approximate surface area is 153 Å². The van der Waals surface area contributed by atoms with Crippen molar-refractivity contribution in [2.45, 2.75) is 64.1 Å². The minimum Gasteiger partial charge on any atom is -0.469 e. The van der Waals surface area contributed by atoms with Gasteiger partial charge >= 0.3 is 5.97 Å². The first-order valence-corrected chi connectivity index (χ1v) is 8.99. The second kappa shape index (κ2) is 8.01. The molecule has 0 N–H and O–H groups in total. The van der Waals surface area contributed by atoms with Crippen LogP contribution in [0, 0.1) is 10.1 Å². The molecular weight excluding hydrogens is 339 g/mol. The Bertz CT molecular complexity index is 672. The molecule has 0 saturated carbocycles. The average Bonchev–Trinajstić information content (AvgIpc) is 3.08. The highest BCUT2D eigenvalue weighted by Crippen LogP contribution is 2.40. The zero-order chi connectivity index (χ0) is 19.5. The van der Waals surface area contributed by atoms with Gasteiger partial charge in [0, 0.05) is 12.6 Å². The predicted molar refractivity (Wildman–Crippen MR) is 98.3 cm³/mol. The molecule has 2 rings (SSSR count). The van der Waals surface area contributed by atoms with Crippen molar-refractivity contribution in [3.63, 3.8) is 0 Å². The molecule has 1 heterocycles. The highest BCUT2D eigenvalue weighted by Gasteiger charge is 2.40. The zero-order valence-electron chi connectivity index (χ0n) is 15.8. The standard InChI is InChI=1S/C19H27FN2O4/c1-5-13(12-18(23)26-4)14-8-9-15(16(11-14)22(24)25)21-10-6-7-17(21)19(2,3)20/h8-9,11,13,17H,5-7,10,12H2,1-4H3. The van der Waals surface area contributed by atoms with E-state index in [1.54, 1.807) is 12.1 Å². The number of carbonyl (C=O) groups excluding carboxylic acids is 1. The van der Waals surface area contributed by atoms with Gasteiger partial charge < -0.3 is 9.64 Å². The maximum absolute atomic E-state index is 14.5. The van der Waals surface area contributed by atoms with Gasteiger partial charge in [-0.25, -0.2) is 4.39 Å². The fraction of sp³-hybridized carbons (Fsp3) is 0.632. The lowest BCUT2D eigenvalue weighted by molar-refractivity contribution is -0.384. The molecule has 1 aliphatic rings. The van der Waals surface area contributed by atoms with Crippen molar-refractivity contribution in [3.05, 3.63) is 33.9 Å². The first kappa shape index (κ1) is 20.1. The normalized spacial score (nSPS) is 18.7. The molecule has 1 fully saturated rings. The maximum atomic E-state index is 14.5. The van der Waals surface area contributed by atoms with Crippen molar-refractivity contribution in [2.75, 3.05) is 18.6 Å². The van der Waals surface area contributed by atoms with Crippen LogP contribution in [0.15, 0.2) is 18.2 Å².